The highest BCUT2D eigenvalue weighted by Gasteiger charge is 2.30. The number of piperazine rings is 1. The van der Waals surface area contributed by atoms with Gasteiger partial charge in [-0.05, 0) is 29.8 Å². The van der Waals surface area contributed by atoms with Crippen LogP contribution in [0.2, 0.25) is 5.02 Å². The molecular formula is C16H16ClF3N2O2. The summed E-state index contributed by atoms with van der Waals surface area (Å²) in [5, 5.41) is 0.133. The third kappa shape index (κ3) is 4.50. The minimum atomic E-state index is -4.47. The maximum atomic E-state index is 12.7. The molecular weight excluding hydrogens is 345 g/mol. The second-order valence-corrected chi connectivity index (χ2v) is 5.81. The van der Waals surface area contributed by atoms with Crippen LogP contribution >= 0.6 is 11.6 Å². The minimum absolute atomic E-state index is 0.0478. The standard InChI is InChI=1S/C16H16ClF3N2O2/c1-11(23)21-6-8-22(9-7-21)15(24)5-2-12-10-13(16(18,19)20)3-4-14(12)17/h2-5,10H,6-9H2,1H3/b5-2+. The monoisotopic (exact) mass is 360 g/mol. The number of hydrogen-bond acceptors (Lipinski definition) is 2. The third-order valence-corrected chi connectivity index (χ3v) is 4.11. The summed E-state index contributed by atoms with van der Waals surface area (Å²) in [7, 11) is 0. The van der Waals surface area contributed by atoms with Crippen molar-refractivity contribution in [2.45, 2.75) is 13.1 Å². The first-order chi connectivity index (χ1) is 11.2. The molecule has 0 aromatic heterocycles. The molecule has 0 atom stereocenters. The van der Waals surface area contributed by atoms with Gasteiger partial charge in [-0.15, -0.1) is 0 Å². The van der Waals surface area contributed by atoms with Gasteiger partial charge in [-0.1, -0.05) is 11.6 Å². The van der Waals surface area contributed by atoms with Gasteiger partial charge < -0.3 is 9.80 Å². The molecule has 0 unspecified atom stereocenters. The lowest BCUT2D eigenvalue weighted by molar-refractivity contribution is -0.137. The van der Waals surface area contributed by atoms with Crippen molar-refractivity contribution < 1.29 is 22.8 Å². The highest BCUT2D eigenvalue weighted by molar-refractivity contribution is 6.32. The summed E-state index contributed by atoms with van der Waals surface area (Å²) < 4.78 is 38.1. The van der Waals surface area contributed by atoms with E-state index >= 15 is 0 Å². The summed E-state index contributed by atoms with van der Waals surface area (Å²) >= 11 is 5.88. The largest absolute Gasteiger partial charge is 0.416 e. The van der Waals surface area contributed by atoms with Crippen LogP contribution in [-0.4, -0.2) is 47.8 Å². The lowest BCUT2D eigenvalue weighted by atomic mass is 10.1. The summed E-state index contributed by atoms with van der Waals surface area (Å²) in [5.74, 6) is -0.375. The second-order valence-electron chi connectivity index (χ2n) is 5.40. The number of benzene rings is 1. The topological polar surface area (TPSA) is 40.6 Å². The Kier molecular flexibility index (Phi) is 5.54. The van der Waals surface area contributed by atoms with E-state index in [9.17, 15) is 22.8 Å². The normalized spacial score (nSPS) is 15.9. The third-order valence-electron chi connectivity index (χ3n) is 3.77. The van der Waals surface area contributed by atoms with Gasteiger partial charge >= 0.3 is 6.18 Å². The number of amides is 2. The molecule has 8 heteroatoms. The van der Waals surface area contributed by atoms with Crippen LogP contribution in [0.1, 0.15) is 18.1 Å². The summed E-state index contributed by atoms with van der Waals surface area (Å²) in [6, 6.07) is 2.95. The van der Waals surface area contributed by atoms with E-state index in [4.69, 9.17) is 11.6 Å². The zero-order chi connectivity index (χ0) is 17.9. The second kappa shape index (κ2) is 7.25. The molecule has 24 heavy (non-hydrogen) atoms. The van der Waals surface area contributed by atoms with Crippen molar-refractivity contribution >= 4 is 29.5 Å². The molecule has 1 aromatic carbocycles. The molecule has 0 bridgehead atoms. The number of hydrogen-bond donors (Lipinski definition) is 0. The smallest absolute Gasteiger partial charge is 0.339 e. The van der Waals surface area contributed by atoms with Crippen LogP contribution in [0.4, 0.5) is 13.2 Å². The first kappa shape index (κ1) is 18.3. The van der Waals surface area contributed by atoms with Crippen molar-refractivity contribution in [2.24, 2.45) is 0 Å². The van der Waals surface area contributed by atoms with Crippen LogP contribution in [0.5, 0.6) is 0 Å². The highest BCUT2D eigenvalue weighted by Crippen LogP contribution is 2.32. The Bertz CT molecular complexity index is 666. The van der Waals surface area contributed by atoms with Crippen molar-refractivity contribution in [3.05, 3.63) is 40.4 Å². The van der Waals surface area contributed by atoms with Crippen LogP contribution in [0.15, 0.2) is 24.3 Å². The summed E-state index contributed by atoms with van der Waals surface area (Å²) in [5.41, 5.74) is -0.698. The molecule has 0 radical (unpaired) electrons. The van der Waals surface area contributed by atoms with Gasteiger partial charge in [0.1, 0.15) is 0 Å². The Hall–Kier alpha value is -2.02. The van der Waals surface area contributed by atoms with Crippen LogP contribution in [-0.2, 0) is 15.8 Å². The molecule has 2 rings (SSSR count). The maximum absolute atomic E-state index is 12.7. The average molecular weight is 361 g/mol. The zero-order valence-electron chi connectivity index (χ0n) is 12.9. The molecule has 4 nitrogen and oxygen atoms in total. The molecule has 0 aliphatic carbocycles. The highest BCUT2D eigenvalue weighted by atomic mass is 35.5. The van der Waals surface area contributed by atoms with Gasteiger partial charge in [-0.3, -0.25) is 9.59 Å². The molecule has 1 fully saturated rings. The molecule has 130 valence electrons. The molecule has 1 aliphatic heterocycles. The van der Waals surface area contributed by atoms with Gasteiger partial charge in [0.25, 0.3) is 0 Å². The van der Waals surface area contributed by atoms with Gasteiger partial charge in [0, 0.05) is 44.2 Å². The minimum Gasteiger partial charge on any atom is -0.339 e. The van der Waals surface area contributed by atoms with Crippen LogP contribution < -0.4 is 0 Å². The van der Waals surface area contributed by atoms with Gasteiger partial charge in [0.05, 0.1) is 5.56 Å². The van der Waals surface area contributed by atoms with Gasteiger partial charge in [0.15, 0.2) is 0 Å². The van der Waals surface area contributed by atoms with E-state index in [-0.39, 0.29) is 22.4 Å². The summed E-state index contributed by atoms with van der Waals surface area (Å²) in [6.07, 6.45) is -2.00. The Morgan fingerprint density at radius 1 is 1.12 bits per heavy atom. The lowest BCUT2D eigenvalue weighted by Gasteiger charge is -2.33. The molecule has 0 saturated carbocycles. The van der Waals surface area contributed by atoms with E-state index in [1.165, 1.54) is 24.0 Å². The molecule has 1 aliphatic rings. The first-order valence-corrected chi connectivity index (χ1v) is 7.65. The Morgan fingerprint density at radius 3 is 2.25 bits per heavy atom. The van der Waals surface area contributed by atoms with E-state index in [0.29, 0.717) is 26.2 Å². The number of carbonyl (C=O) groups is 2. The predicted octanol–water partition coefficient (Wildman–Crippen LogP) is 3.06. The van der Waals surface area contributed by atoms with E-state index in [1.54, 1.807) is 4.90 Å². The summed E-state index contributed by atoms with van der Waals surface area (Å²) in [4.78, 5) is 26.5. The average Bonchev–Trinajstić information content (AvgIpc) is 2.52. The van der Waals surface area contributed by atoms with Gasteiger partial charge in [-0.2, -0.15) is 13.2 Å². The molecule has 1 saturated heterocycles. The maximum Gasteiger partial charge on any atom is 0.416 e. The lowest BCUT2D eigenvalue weighted by Crippen LogP contribution is -2.49. The fourth-order valence-corrected chi connectivity index (χ4v) is 2.54. The summed E-state index contributed by atoms with van der Waals surface area (Å²) in [6.45, 7) is 3.13. The molecule has 2 amide bonds. The van der Waals surface area contributed by atoms with Gasteiger partial charge in [-0.25, -0.2) is 0 Å². The molecule has 1 heterocycles. The van der Waals surface area contributed by atoms with Crippen molar-refractivity contribution in [3.63, 3.8) is 0 Å². The van der Waals surface area contributed by atoms with Crippen LogP contribution in [0.25, 0.3) is 6.08 Å². The van der Waals surface area contributed by atoms with Crippen molar-refractivity contribution in [1.82, 2.24) is 9.80 Å². The number of alkyl halides is 3. The van der Waals surface area contributed by atoms with Crippen molar-refractivity contribution in [3.8, 4) is 0 Å². The van der Waals surface area contributed by atoms with E-state index in [1.807, 2.05) is 0 Å². The predicted molar refractivity (Wildman–Crippen MR) is 84.3 cm³/mol. The zero-order valence-corrected chi connectivity index (χ0v) is 13.7. The fourth-order valence-electron chi connectivity index (χ4n) is 2.36. The number of rotatable bonds is 2. The molecule has 0 N–H and O–H groups in total. The van der Waals surface area contributed by atoms with E-state index in [2.05, 4.69) is 0 Å². The number of carbonyl (C=O) groups excluding carboxylic acids is 2. The Balaban J connectivity index is 2.06. The molecule has 1 aromatic rings. The quantitative estimate of drug-likeness (QED) is 0.761. The SMILES string of the molecule is CC(=O)N1CCN(C(=O)/C=C/c2cc(C(F)(F)F)ccc2Cl)CC1. The van der Waals surface area contributed by atoms with E-state index < -0.39 is 11.7 Å². The van der Waals surface area contributed by atoms with Crippen LogP contribution in [0.3, 0.4) is 0 Å². The van der Waals surface area contributed by atoms with Crippen molar-refractivity contribution in [1.29, 1.82) is 0 Å². The number of halogens is 4. The Labute approximate surface area is 142 Å². The number of nitrogens with zero attached hydrogens (tertiary/aromatic N) is 2. The Morgan fingerprint density at radius 2 is 1.71 bits per heavy atom. The van der Waals surface area contributed by atoms with Gasteiger partial charge in [0.2, 0.25) is 11.8 Å². The van der Waals surface area contributed by atoms with E-state index in [0.717, 1.165) is 18.2 Å². The first-order valence-electron chi connectivity index (χ1n) is 7.28. The molecule has 0 spiro atoms. The van der Waals surface area contributed by atoms with Crippen LogP contribution in [0, 0.1) is 0 Å². The fraction of sp³-hybridized carbons (Fsp3) is 0.375. The van der Waals surface area contributed by atoms with Crippen molar-refractivity contribution in [2.75, 3.05) is 26.2 Å².